The number of hydrogen-bond acceptors (Lipinski definition) is 5. The van der Waals surface area contributed by atoms with Crippen LogP contribution in [0, 0.1) is 0 Å². The molecule has 3 heterocycles. The number of fused-ring (bicyclic) bond motifs is 2. The summed E-state index contributed by atoms with van der Waals surface area (Å²) in [6.07, 6.45) is 6.42. The second-order valence-electron chi connectivity index (χ2n) is 8.26. The second-order valence-corrected chi connectivity index (χ2v) is 8.26. The van der Waals surface area contributed by atoms with E-state index in [1.54, 1.807) is 13.2 Å². The van der Waals surface area contributed by atoms with Crippen molar-refractivity contribution in [2.24, 2.45) is 0 Å². The van der Waals surface area contributed by atoms with Gasteiger partial charge in [0.15, 0.2) is 11.5 Å². The summed E-state index contributed by atoms with van der Waals surface area (Å²) in [4.78, 5) is 15.0. The van der Waals surface area contributed by atoms with Crippen molar-refractivity contribution >= 4 is 12.0 Å². The smallest absolute Gasteiger partial charge is 0.247 e. The summed E-state index contributed by atoms with van der Waals surface area (Å²) < 4.78 is 22.8. The summed E-state index contributed by atoms with van der Waals surface area (Å²) in [6.45, 7) is 3.92. The number of carbonyl (C=O) groups is 1. The Kier molecular flexibility index (Phi) is 5.22. The number of ether oxygens (including phenoxy) is 4. The normalized spacial score (nSPS) is 21.8. The average Bonchev–Trinajstić information content (AvgIpc) is 3.42. The maximum absolute atomic E-state index is 13.1. The molecular weight excluding hydrogens is 394 g/mol. The van der Waals surface area contributed by atoms with Crippen LogP contribution < -0.4 is 18.9 Å². The van der Waals surface area contributed by atoms with E-state index in [0.29, 0.717) is 13.2 Å². The molecule has 2 aromatic carbocycles. The standard InChI is InChI=1S/C25H27NO5/c1-16-12-19-15-22(28-2)18(14-23(19)31-16)6-8-25(27)26-9-3-4-20(26)17-5-7-21-24(13-17)30-11-10-29-21/h5-8,13-16,20H,3-4,9-12H2,1-2H3/b8-6+/t16-,20-/m0/s1. The zero-order chi connectivity index (χ0) is 21.4. The number of nitrogens with zero attached hydrogens (tertiary/aromatic N) is 1. The van der Waals surface area contributed by atoms with Crippen molar-refractivity contribution in [1.82, 2.24) is 4.90 Å². The fourth-order valence-corrected chi connectivity index (χ4v) is 4.66. The van der Waals surface area contributed by atoms with Crippen molar-refractivity contribution < 1.29 is 23.7 Å². The molecule has 3 aliphatic rings. The van der Waals surface area contributed by atoms with E-state index in [0.717, 1.165) is 65.5 Å². The second kappa shape index (κ2) is 8.17. The Balaban J connectivity index is 1.35. The molecule has 0 radical (unpaired) electrons. The molecule has 5 rings (SSSR count). The van der Waals surface area contributed by atoms with Gasteiger partial charge in [-0.25, -0.2) is 0 Å². The summed E-state index contributed by atoms with van der Waals surface area (Å²) in [5, 5.41) is 0. The molecule has 0 N–H and O–H groups in total. The van der Waals surface area contributed by atoms with Crippen LogP contribution in [0.3, 0.4) is 0 Å². The maximum atomic E-state index is 13.1. The highest BCUT2D eigenvalue weighted by Crippen LogP contribution is 2.39. The molecule has 1 fully saturated rings. The first kappa shape index (κ1) is 19.8. The molecule has 0 aromatic heterocycles. The first-order valence-electron chi connectivity index (χ1n) is 10.9. The lowest BCUT2D eigenvalue weighted by Gasteiger charge is -2.26. The Labute approximate surface area is 182 Å². The molecule has 0 saturated carbocycles. The summed E-state index contributed by atoms with van der Waals surface area (Å²) in [5.74, 6) is 3.15. The van der Waals surface area contributed by atoms with Gasteiger partial charge < -0.3 is 23.8 Å². The highest BCUT2D eigenvalue weighted by atomic mass is 16.6. The molecule has 3 aliphatic heterocycles. The molecule has 162 valence electrons. The number of hydrogen-bond donors (Lipinski definition) is 0. The van der Waals surface area contributed by atoms with Gasteiger partial charge in [0.05, 0.1) is 13.2 Å². The van der Waals surface area contributed by atoms with E-state index in [2.05, 4.69) is 6.92 Å². The predicted octanol–water partition coefficient (Wildman–Crippen LogP) is 4.17. The fraction of sp³-hybridized carbons (Fsp3) is 0.400. The Morgan fingerprint density at radius 2 is 1.97 bits per heavy atom. The zero-order valence-corrected chi connectivity index (χ0v) is 17.9. The third-order valence-electron chi connectivity index (χ3n) is 6.14. The highest BCUT2D eigenvalue weighted by molar-refractivity contribution is 5.92. The van der Waals surface area contributed by atoms with Gasteiger partial charge in [-0.15, -0.1) is 0 Å². The van der Waals surface area contributed by atoms with E-state index >= 15 is 0 Å². The third-order valence-corrected chi connectivity index (χ3v) is 6.14. The predicted molar refractivity (Wildman–Crippen MR) is 117 cm³/mol. The van der Waals surface area contributed by atoms with Gasteiger partial charge in [-0.2, -0.15) is 0 Å². The molecule has 2 aromatic rings. The number of methoxy groups -OCH3 is 1. The van der Waals surface area contributed by atoms with Gasteiger partial charge in [-0.1, -0.05) is 6.07 Å². The van der Waals surface area contributed by atoms with Crippen LogP contribution in [-0.4, -0.2) is 43.8 Å². The van der Waals surface area contributed by atoms with Crippen LogP contribution in [0.4, 0.5) is 0 Å². The quantitative estimate of drug-likeness (QED) is 0.694. The van der Waals surface area contributed by atoms with E-state index in [1.165, 1.54) is 0 Å². The average molecular weight is 421 g/mol. The van der Waals surface area contributed by atoms with Crippen molar-refractivity contribution in [2.75, 3.05) is 26.9 Å². The lowest BCUT2D eigenvalue weighted by molar-refractivity contribution is -0.126. The van der Waals surface area contributed by atoms with Crippen molar-refractivity contribution in [1.29, 1.82) is 0 Å². The lowest BCUT2D eigenvalue weighted by atomic mass is 10.0. The summed E-state index contributed by atoms with van der Waals surface area (Å²) in [5.41, 5.74) is 3.07. The van der Waals surface area contributed by atoms with E-state index in [4.69, 9.17) is 18.9 Å². The van der Waals surface area contributed by atoms with Gasteiger partial charge in [0, 0.05) is 30.2 Å². The van der Waals surface area contributed by atoms with Crippen molar-refractivity contribution in [3.05, 3.63) is 53.1 Å². The van der Waals surface area contributed by atoms with Crippen LogP contribution in [0.5, 0.6) is 23.0 Å². The van der Waals surface area contributed by atoms with Gasteiger partial charge in [0.25, 0.3) is 0 Å². The van der Waals surface area contributed by atoms with E-state index < -0.39 is 0 Å². The Morgan fingerprint density at radius 1 is 1.13 bits per heavy atom. The third kappa shape index (κ3) is 3.82. The van der Waals surface area contributed by atoms with Gasteiger partial charge >= 0.3 is 0 Å². The fourth-order valence-electron chi connectivity index (χ4n) is 4.66. The highest BCUT2D eigenvalue weighted by Gasteiger charge is 2.30. The Bertz CT molecular complexity index is 1030. The largest absolute Gasteiger partial charge is 0.496 e. The molecule has 0 spiro atoms. The number of likely N-dealkylation sites (tertiary alicyclic amines) is 1. The van der Waals surface area contributed by atoms with Crippen LogP contribution >= 0.6 is 0 Å². The van der Waals surface area contributed by atoms with Gasteiger partial charge in [0.1, 0.15) is 30.8 Å². The molecule has 2 atom stereocenters. The minimum atomic E-state index is -0.00535. The zero-order valence-electron chi connectivity index (χ0n) is 17.9. The van der Waals surface area contributed by atoms with Crippen molar-refractivity contribution in [3.63, 3.8) is 0 Å². The topological polar surface area (TPSA) is 57.2 Å². The number of benzene rings is 2. The van der Waals surface area contributed by atoms with Crippen LogP contribution in [0.25, 0.3) is 6.08 Å². The molecule has 31 heavy (non-hydrogen) atoms. The number of rotatable bonds is 4. The summed E-state index contributed by atoms with van der Waals surface area (Å²) in [7, 11) is 1.65. The lowest BCUT2D eigenvalue weighted by Crippen LogP contribution is -2.29. The molecule has 1 saturated heterocycles. The van der Waals surface area contributed by atoms with Gasteiger partial charge in [-0.05, 0) is 55.7 Å². The molecule has 6 nitrogen and oxygen atoms in total. The number of amides is 1. The summed E-state index contributed by atoms with van der Waals surface area (Å²) in [6, 6.07) is 10.0. The van der Waals surface area contributed by atoms with Crippen LogP contribution in [0.2, 0.25) is 0 Å². The molecule has 0 unspecified atom stereocenters. The van der Waals surface area contributed by atoms with E-state index in [-0.39, 0.29) is 18.1 Å². The molecular formula is C25H27NO5. The first-order valence-corrected chi connectivity index (χ1v) is 10.9. The molecule has 6 heteroatoms. The molecule has 0 bridgehead atoms. The SMILES string of the molecule is COc1cc2c(cc1/C=C/C(=O)N1CCC[C@H]1c1ccc3c(c1)OCCO3)O[C@@H](C)C2. The minimum absolute atomic E-state index is 0.00535. The van der Waals surface area contributed by atoms with Crippen molar-refractivity contribution in [2.45, 2.75) is 38.3 Å². The maximum Gasteiger partial charge on any atom is 0.247 e. The van der Waals surface area contributed by atoms with Crippen molar-refractivity contribution in [3.8, 4) is 23.0 Å². The van der Waals surface area contributed by atoms with Crippen LogP contribution in [0.1, 0.15) is 42.5 Å². The summed E-state index contributed by atoms with van der Waals surface area (Å²) >= 11 is 0. The molecule has 1 amide bonds. The van der Waals surface area contributed by atoms with Crippen LogP contribution in [0.15, 0.2) is 36.4 Å². The minimum Gasteiger partial charge on any atom is -0.496 e. The van der Waals surface area contributed by atoms with Crippen LogP contribution in [-0.2, 0) is 11.2 Å². The monoisotopic (exact) mass is 421 g/mol. The van der Waals surface area contributed by atoms with Gasteiger partial charge in [-0.3, -0.25) is 4.79 Å². The van der Waals surface area contributed by atoms with Gasteiger partial charge in [0.2, 0.25) is 5.91 Å². The Hall–Kier alpha value is -3.15. The molecule has 0 aliphatic carbocycles. The Morgan fingerprint density at radius 3 is 2.81 bits per heavy atom. The first-order chi connectivity index (χ1) is 15.1. The number of carbonyl (C=O) groups excluding carboxylic acids is 1. The van der Waals surface area contributed by atoms with E-state index in [9.17, 15) is 4.79 Å². The van der Waals surface area contributed by atoms with E-state index in [1.807, 2.05) is 41.3 Å².